The second-order valence-corrected chi connectivity index (χ2v) is 6.49. The third-order valence-corrected chi connectivity index (χ3v) is 4.04. The van der Waals surface area contributed by atoms with Crippen LogP contribution in [0.2, 0.25) is 0 Å². The van der Waals surface area contributed by atoms with Crippen molar-refractivity contribution in [3.05, 3.63) is 35.4 Å². The van der Waals surface area contributed by atoms with Crippen LogP contribution in [0.5, 0.6) is 0 Å². The van der Waals surface area contributed by atoms with Crippen molar-refractivity contribution in [2.45, 2.75) is 12.8 Å². The van der Waals surface area contributed by atoms with Gasteiger partial charge in [0.05, 0.1) is 16.9 Å². The number of carbonyl (C=O) groups is 2. The van der Waals surface area contributed by atoms with Gasteiger partial charge in [-0.05, 0) is 25.0 Å². The molecule has 2 rings (SSSR count). The van der Waals surface area contributed by atoms with Gasteiger partial charge in [-0.15, -0.1) is 0 Å². The number of ether oxygens (including phenoxy) is 1. The van der Waals surface area contributed by atoms with Crippen LogP contribution < -0.4 is 0 Å². The number of fused-ring (bicyclic) bond motifs is 1. The fourth-order valence-corrected chi connectivity index (χ4v) is 2.70. The predicted octanol–water partition coefficient (Wildman–Crippen LogP) is 0.319. The monoisotopic (exact) mass is 351 g/mol. The van der Waals surface area contributed by atoms with E-state index in [-0.39, 0.29) is 66.7 Å². The van der Waals surface area contributed by atoms with E-state index in [2.05, 4.69) is 0 Å². The fourth-order valence-electron chi connectivity index (χ4n) is 2.21. The van der Waals surface area contributed by atoms with Gasteiger partial charge in [-0.1, -0.05) is 12.1 Å². The maximum absolute atomic E-state index is 12.1. The number of carbonyl (C=O) groups excluding carboxylic acids is 2. The first-order valence-corrected chi connectivity index (χ1v) is 8.49. The van der Waals surface area contributed by atoms with Crippen LogP contribution in [-0.2, 0) is 14.9 Å². The van der Waals surface area contributed by atoms with E-state index in [4.69, 9.17) is 9.29 Å². The van der Waals surface area contributed by atoms with Crippen LogP contribution in [0.25, 0.3) is 0 Å². The van der Waals surface area contributed by atoms with Crippen molar-refractivity contribution in [1.82, 2.24) is 4.90 Å². The van der Waals surface area contributed by atoms with E-state index in [1.807, 2.05) is 0 Å². The Labute approximate surface area is 157 Å². The zero-order chi connectivity index (χ0) is 16.2. The minimum atomic E-state index is -3.95. The van der Waals surface area contributed by atoms with Crippen molar-refractivity contribution in [3.8, 4) is 0 Å². The summed E-state index contributed by atoms with van der Waals surface area (Å²) in [6.45, 7) is 0.755. The van der Waals surface area contributed by atoms with Gasteiger partial charge in [-0.3, -0.25) is 19.0 Å². The quantitative estimate of drug-likeness (QED) is 0.313. The first-order chi connectivity index (χ1) is 10.4. The standard InChI is InChI=1S/C14H17NO6S.Na.H/c16-13-11-5-1-2-6-12(11)14(17)15(13)7-3-8-21-9-4-10-22(18,19)20;;/h1-2,5-6H,3-4,7-10H2,(H,18,19,20);;. The van der Waals surface area contributed by atoms with Crippen molar-refractivity contribution in [2.24, 2.45) is 0 Å². The van der Waals surface area contributed by atoms with Crippen molar-refractivity contribution in [2.75, 3.05) is 25.5 Å². The number of imide groups is 1. The predicted molar refractivity (Wildman–Crippen MR) is 85.4 cm³/mol. The zero-order valence-corrected chi connectivity index (χ0v) is 12.7. The maximum atomic E-state index is 12.1. The molecule has 1 aromatic carbocycles. The summed E-state index contributed by atoms with van der Waals surface area (Å²) in [6, 6.07) is 6.68. The molecule has 0 aliphatic carbocycles. The summed E-state index contributed by atoms with van der Waals surface area (Å²) in [4.78, 5) is 25.3. The molecule has 0 bridgehead atoms. The van der Waals surface area contributed by atoms with Crippen LogP contribution in [0.3, 0.4) is 0 Å². The Balaban J connectivity index is 0.00000264. The van der Waals surface area contributed by atoms with Crippen LogP contribution >= 0.6 is 0 Å². The SMILES string of the molecule is O=C1c2ccccc2C(=O)N1CCCOCCCS(=O)(=O)O.[NaH]. The molecule has 1 N–H and O–H groups in total. The number of nitrogens with zero attached hydrogens (tertiary/aromatic N) is 1. The van der Waals surface area contributed by atoms with Gasteiger partial charge in [-0.2, -0.15) is 8.42 Å². The molecular formula is C14H18NNaO6S. The Morgan fingerprint density at radius 2 is 1.52 bits per heavy atom. The minimum absolute atomic E-state index is 0. The van der Waals surface area contributed by atoms with Crippen LogP contribution in [0, 0.1) is 0 Å². The number of amides is 2. The third-order valence-electron chi connectivity index (χ3n) is 3.24. The summed E-state index contributed by atoms with van der Waals surface area (Å²) >= 11 is 0. The van der Waals surface area contributed by atoms with E-state index in [0.29, 0.717) is 24.2 Å². The van der Waals surface area contributed by atoms with Crippen molar-refractivity contribution >= 4 is 51.5 Å². The van der Waals surface area contributed by atoms with Gasteiger partial charge in [0.1, 0.15) is 0 Å². The molecule has 0 unspecified atom stereocenters. The van der Waals surface area contributed by atoms with E-state index in [1.54, 1.807) is 24.3 Å². The molecule has 1 aliphatic heterocycles. The summed E-state index contributed by atoms with van der Waals surface area (Å²) in [7, 11) is -3.95. The number of hydrogen-bond acceptors (Lipinski definition) is 5. The molecule has 1 aromatic rings. The molecule has 0 saturated heterocycles. The Morgan fingerprint density at radius 3 is 2.04 bits per heavy atom. The first-order valence-electron chi connectivity index (χ1n) is 6.88. The average Bonchev–Trinajstić information content (AvgIpc) is 2.70. The van der Waals surface area contributed by atoms with Gasteiger partial charge >= 0.3 is 29.6 Å². The summed E-state index contributed by atoms with van der Waals surface area (Å²) in [5.41, 5.74) is 0.836. The summed E-state index contributed by atoms with van der Waals surface area (Å²) in [5.74, 6) is -0.940. The normalized spacial score (nSPS) is 13.9. The topological polar surface area (TPSA) is 101 Å². The van der Waals surface area contributed by atoms with Crippen LogP contribution in [0.1, 0.15) is 33.6 Å². The van der Waals surface area contributed by atoms with E-state index in [9.17, 15) is 18.0 Å². The zero-order valence-electron chi connectivity index (χ0n) is 11.9. The second kappa shape index (κ2) is 8.91. The molecule has 7 nitrogen and oxygen atoms in total. The van der Waals surface area contributed by atoms with Crippen molar-refractivity contribution in [1.29, 1.82) is 0 Å². The molecule has 9 heteroatoms. The van der Waals surface area contributed by atoms with E-state index < -0.39 is 10.1 Å². The molecule has 0 saturated carbocycles. The first kappa shape index (κ1) is 20.3. The Kier molecular flexibility index (Phi) is 7.85. The molecule has 23 heavy (non-hydrogen) atoms. The average molecular weight is 351 g/mol. The molecule has 0 atom stereocenters. The molecule has 1 heterocycles. The van der Waals surface area contributed by atoms with Crippen molar-refractivity contribution < 1.29 is 27.3 Å². The van der Waals surface area contributed by atoms with Gasteiger partial charge in [0.15, 0.2) is 0 Å². The molecule has 122 valence electrons. The summed E-state index contributed by atoms with van der Waals surface area (Å²) < 4.78 is 34.7. The molecule has 1 aliphatic rings. The van der Waals surface area contributed by atoms with Crippen LogP contribution in [0.4, 0.5) is 0 Å². The van der Waals surface area contributed by atoms with E-state index in [0.717, 1.165) is 0 Å². The Bertz CT molecular complexity index is 641. The molecule has 2 amide bonds. The fraction of sp³-hybridized carbons (Fsp3) is 0.429. The number of benzene rings is 1. The van der Waals surface area contributed by atoms with E-state index >= 15 is 0 Å². The van der Waals surface area contributed by atoms with Gasteiger partial charge in [-0.25, -0.2) is 0 Å². The van der Waals surface area contributed by atoms with Gasteiger partial charge < -0.3 is 4.74 Å². The van der Waals surface area contributed by atoms with Gasteiger partial charge in [0, 0.05) is 19.8 Å². The molecule has 0 fully saturated rings. The van der Waals surface area contributed by atoms with Crippen LogP contribution in [0.15, 0.2) is 24.3 Å². The van der Waals surface area contributed by atoms with E-state index in [1.165, 1.54) is 4.90 Å². The Morgan fingerprint density at radius 1 is 1.00 bits per heavy atom. The molecule has 0 aromatic heterocycles. The number of rotatable bonds is 8. The summed E-state index contributed by atoms with van der Waals surface area (Å²) in [5, 5.41) is 0. The Hall–Kier alpha value is -0.770. The number of hydrogen-bond donors (Lipinski definition) is 1. The summed E-state index contributed by atoms with van der Waals surface area (Å²) in [6.07, 6.45) is 0.670. The van der Waals surface area contributed by atoms with Crippen LogP contribution in [-0.4, -0.2) is 84.8 Å². The van der Waals surface area contributed by atoms with Gasteiger partial charge in [0.2, 0.25) is 0 Å². The second-order valence-electron chi connectivity index (χ2n) is 4.91. The van der Waals surface area contributed by atoms with Crippen molar-refractivity contribution in [3.63, 3.8) is 0 Å². The molecule has 0 radical (unpaired) electrons. The molecule has 0 spiro atoms. The third kappa shape index (κ3) is 5.66. The van der Waals surface area contributed by atoms with Gasteiger partial charge in [0.25, 0.3) is 21.9 Å². The molecular weight excluding hydrogens is 333 g/mol.